The predicted octanol–water partition coefficient (Wildman–Crippen LogP) is 4.47. The number of aliphatic hydroxyl groups excluding tert-OH is 2. The number of hydrogen-bond donors (Lipinski definition) is 2. The summed E-state index contributed by atoms with van der Waals surface area (Å²) in [7, 11) is 0. The summed E-state index contributed by atoms with van der Waals surface area (Å²) < 4.78 is 0. The van der Waals surface area contributed by atoms with E-state index in [0.29, 0.717) is 6.42 Å². The highest BCUT2D eigenvalue weighted by molar-refractivity contribution is 4.67. The van der Waals surface area contributed by atoms with Gasteiger partial charge in [0.25, 0.3) is 6.04 Å². The van der Waals surface area contributed by atoms with Crippen LogP contribution in [0.15, 0.2) is 0 Å². The first-order valence-corrected chi connectivity index (χ1v) is 9.55. The lowest BCUT2D eigenvalue weighted by atomic mass is 10.0. The molecule has 2 N–H and O–H groups in total. The van der Waals surface area contributed by atoms with Crippen molar-refractivity contribution in [2.24, 2.45) is 0 Å². The third kappa shape index (κ3) is 13.5. The highest BCUT2D eigenvalue weighted by atomic mass is 16.6. The van der Waals surface area contributed by atoms with Gasteiger partial charge in [-0.15, -0.1) is 0 Å². The molecule has 138 valence electrons. The van der Waals surface area contributed by atoms with Crippen LogP contribution in [0.3, 0.4) is 0 Å². The Kier molecular flexibility index (Phi) is 15.7. The standard InChI is InChI=1S/C18H37NO4/c1-2-3-4-5-6-7-8-9-10-11-12-13-14-15-18(21)17(16-20)19(22)23/h17-18,20-21H,2-16H2,1H3/t17-,18-/m0/s1. The minimum absolute atomic E-state index is 0.407. The minimum Gasteiger partial charge on any atom is -0.389 e. The summed E-state index contributed by atoms with van der Waals surface area (Å²) in [5.41, 5.74) is 0. The second kappa shape index (κ2) is 16.2. The monoisotopic (exact) mass is 331 g/mol. The topological polar surface area (TPSA) is 83.6 Å². The van der Waals surface area contributed by atoms with Crippen molar-refractivity contribution in [2.45, 2.75) is 109 Å². The van der Waals surface area contributed by atoms with Crippen LogP contribution in [-0.4, -0.2) is 33.9 Å². The molecule has 0 amide bonds. The van der Waals surface area contributed by atoms with Gasteiger partial charge in [-0.1, -0.05) is 90.4 Å². The van der Waals surface area contributed by atoms with E-state index in [1.54, 1.807) is 0 Å². The molecule has 0 radical (unpaired) electrons. The molecule has 0 aromatic carbocycles. The molecule has 0 saturated heterocycles. The Morgan fingerprint density at radius 2 is 1.22 bits per heavy atom. The largest absolute Gasteiger partial charge is 0.389 e. The molecule has 0 aromatic heterocycles. The molecule has 2 atom stereocenters. The van der Waals surface area contributed by atoms with Crippen molar-refractivity contribution in [1.82, 2.24) is 0 Å². The normalized spacial score (nSPS) is 13.9. The summed E-state index contributed by atoms with van der Waals surface area (Å²) in [6.07, 6.45) is 15.6. The zero-order valence-electron chi connectivity index (χ0n) is 14.9. The molecule has 0 unspecified atom stereocenters. The summed E-state index contributed by atoms with van der Waals surface area (Å²) in [4.78, 5) is 10.0. The van der Waals surface area contributed by atoms with Crippen LogP contribution in [0.2, 0.25) is 0 Å². The molecule has 0 bridgehead atoms. The third-order valence-electron chi connectivity index (χ3n) is 4.51. The summed E-state index contributed by atoms with van der Waals surface area (Å²) in [5.74, 6) is 0. The van der Waals surface area contributed by atoms with Gasteiger partial charge >= 0.3 is 0 Å². The Morgan fingerprint density at radius 3 is 1.57 bits per heavy atom. The van der Waals surface area contributed by atoms with E-state index in [9.17, 15) is 15.2 Å². The maximum atomic E-state index is 10.6. The molecule has 0 aliphatic heterocycles. The van der Waals surface area contributed by atoms with Gasteiger partial charge in [0.15, 0.2) is 0 Å². The molecule has 0 aliphatic rings. The van der Waals surface area contributed by atoms with Gasteiger partial charge in [0.05, 0.1) is 0 Å². The first-order chi connectivity index (χ1) is 11.1. The molecular formula is C18H37NO4. The first-order valence-electron chi connectivity index (χ1n) is 9.55. The maximum Gasteiger partial charge on any atom is 0.261 e. The second-order valence-corrected chi connectivity index (χ2v) is 6.63. The van der Waals surface area contributed by atoms with Gasteiger partial charge in [-0.2, -0.15) is 0 Å². The highest BCUT2D eigenvalue weighted by Gasteiger charge is 2.28. The quantitative estimate of drug-likeness (QED) is 0.234. The van der Waals surface area contributed by atoms with Gasteiger partial charge in [0, 0.05) is 4.92 Å². The van der Waals surface area contributed by atoms with Crippen molar-refractivity contribution in [3.63, 3.8) is 0 Å². The van der Waals surface area contributed by atoms with Crippen LogP contribution in [-0.2, 0) is 0 Å². The molecule has 0 fully saturated rings. The minimum atomic E-state index is -1.23. The average Bonchev–Trinajstić information content (AvgIpc) is 2.52. The summed E-state index contributed by atoms with van der Waals surface area (Å²) in [6, 6.07) is -1.23. The lowest BCUT2D eigenvalue weighted by molar-refractivity contribution is -0.537. The lowest BCUT2D eigenvalue weighted by Crippen LogP contribution is -2.36. The van der Waals surface area contributed by atoms with Crippen molar-refractivity contribution in [3.8, 4) is 0 Å². The Hall–Kier alpha value is -0.680. The van der Waals surface area contributed by atoms with E-state index in [4.69, 9.17) is 5.11 Å². The van der Waals surface area contributed by atoms with Crippen LogP contribution < -0.4 is 0 Å². The number of unbranched alkanes of at least 4 members (excludes halogenated alkanes) is 12. The van der Waals surface area contributed by atoms with Gasteiger partial charge in [-0.3, -0.25) is 10.1 Å². The molecule has 0 rings (SSSR count). The fraction of sp³-hybridized carbons (Fsp3) is 1.00. The van der Waals surface area contributed by atoms with Crippen molar-refractivity contribution in [2.75, 3.05) is 6.61 Å². The Labute approximate surface area is 141 Å². The summed E-state index contributed by atoms with van der Waals surface area (Å²) >= 11 is 0. The van der Waals surface area contributed by atoms with E-state index in [1.165, 1.54) is 64.2 Å². The van der Waals surface area contributed by atoms with E-state index in [1.807, 2.05) is 0 Å². The first kappa shape index (κ1) is 22.3. The van der Waals surface area contributed by atoms with E-state index < -0.39 is 23.7 Å². The van der Waals surface area contributed by atoms with Gasteiger partial charge in [-0.05, 0) is 6.42 Å². The van der Waals surface area contributed by atoms with Crippen LogP contribution in [0.5, 0.6) is 0 Å². The van der Waals surface area contributed by atoms with Crippen molar-refractivity contribution >= 4 is 0 Å². The van der Waals surface area contributed by atoms with Crippen LogP contribution in [0.4, 0.5) is 0 Å². The van der Waals surface area contributed by atoms with E-state index in [-0.39, 0.29) is 0 Å². The molecule has 0 heterocycles. The van der Waals surface area contributed by atoms with Crippen molar-refractivity contribution < 1.29 is 15.1 Å². The average molecular weight is 331 g/mol. The molecule has 0 aliphatic carbocycles. The van der Waals surface area contributed by atoms with Gasteiger partial charge in [-0.25, -0.2) is 0 Å². The predicted molar refractivity (Wildman–Crippen MR) is 94.2 cm³/mol. The number of aliphatic hydroxyl groups is 2. The maximum absolute atomic E-state index is 10.6. The molecule has 0 saturated carbocycles. The second-order valence-electron chi connectivity index (χ2n) is 6.63. The molecule has 0 spiro atoms. The highest BCUT2D eigenvalue weighted by Crippen LogP contribution is 2.14. The fourth-order valence-corrected chi connectivity index (χ4v) is 2.89. The van der Waals surface area contributed by atoms with Crippen molar-refractivity contribution in [1.29, 1.82) is 0 Å². The smallest absolute Gasteiger partial charge is 0.261 e. The van der Waals surface area contributed by atoms with Gasteiger partial charge in [0.2, 0.25) is 0 Å². The molecule has 5 nitrogen and oxygen atoms in total. The number of nitrogens with zero attached hydrogens (tertiary/aromatic N) is 1. The Balaban J connectivity index is 3.29. The van der Waals surface area contributed by atoms with E-state index in [2.05, 4.69) is 6.92 Å². The van der Waals surface area contributed by atoms with Crippen LogP contribution in [0.1, 0.15) is 96.8 Å². The van der Waals surface area contributed by atoms with Crippen LogP contribution in [0, 0.1) is 10.1 Å². The van der Waals surface area contributed by atoms with Crippen molar-refractivity contribution in [3.05, 3.63) is 10.1 Å². The van der Waals surface area contributed by atoms with Crippen LogP contribution >= 0.6 is 0 Å². The van der Waals surface area contributed by atoms with E-state index in [0.717, 1.165) is 19.3 Å². The lowest BCUT2D eigenvalue weighted by Gasteiger charge is -2.13. The molecule has 0 aromatic rings. The van der Waals surface area contributed by atoms with Gasteiger partial charge < -0.3 is 10.2 Å². The molecule has 5 heteroatoms. The molecule has 23 heavy (non-hydrogen) atoms. The zero-order chi connectivity index (χ0) is 17.3. The number of rotatable bonds is 17. The summed E-state index contributed by atoms with van der Waals surface area (Å²) in [6.45, 7) is 1.65. The van der Waals surface area contributed by atoms with Crippen LogP contribution in [0.25, 0.3) is 0 Å². The number of hydrogen-bond acceptors (Lipinski definition) is 4. The fourth-order valence-electron chi connectivity index (χ4n) is 2.89. The van der Waals surface area contributed by atoms with Gasteiger partial charge in [0.1, 0.15) is 12.7 Å². The van der Waals surface area contributed by atoms with E-state index >= 15 is 0 Å². The number of nitro groups is 1. The third-order valence-corrected chi connectivity index (χ3v) is 4.51. The Morgan fingerprint density at radius 1 is 0.826 bits per heavy atom. The Bertz CT molecular complexity index is 274. The SMILES string of the molecule is CCCCCCCCCCCCCCC[C@H](O)[C@H](CO)[N+](=O)[O-]. The summed E-state index contributed by atoms with van der Waals surface area (Å²) in [5, 5.41) is 29.1. The zero-order valence-corrected chi connectivity index (χ0v) is 14.9. The molecular weight excluding hydrogens is 294 g/mol.